The normalized spacial score (nSPS) is 14.6. The Morgan fingerprint density at radius 3 is 2.79 bits per heavy atom. The minimum absolute atomic E-state index is 0.0755. The third-order valence-electron chi connectivity index (χ3n) is 3.84. The number of nitrogens with one attached hydrogen (secondary N) is 1. The average Bonchev–Trinajstić information content (AvgIpc) is 3.16. The van der Waals surface area contributed by atoms with Crippen LogP contribution in [0.15, 0.2) is 78.1 Å². The van der Waals surface area contributed by atoms with Gasteiger partial charge in [0.25, 0.3) is 0 Å². The van der Waals surface area contributed by atoms with Crippen molar-refractivity contribution in [3.8, 4) is 0 Å². The smallest absolute Gasteiger partial charge is 0.244 e. The molecule has 120 valence electrons. The Balaban J connectivity index is 1.64. The Hall–Kier alpha value is -3.01. The fraction of sp³-hybridized carbons (Fsp3) is 0.150. The third kappa shape index (κ3) is 4.04. The van der Waals surface area contributed by atoms with Gasteiger partial charge in [0.2, 0.25) is 11.6 Å². The van der Waals surface area contributed by atoms with E-state index in [4.69, 9.17) is 0 Å². The highest BCUT2D eigenvalue weighted by atomic mass is 16.1. The number of nitrogens with zero attached hydrogens (tertiary/aromatic N) is 2. The zero-order valence-electron chi connectivity index (χ0n) is 13.6. The van der Waals surface area contributed by atoms with Gasteiger partial charge in [-0.25, -0.2) is 0 Å². The van der Waals surface area contributed by atoms with Crippen LogP contribution in [0.5, 0.6) is 0 Å². The fourth-order valence-electron chi connectivity index (χ4n) is 2.53. The standard InChI is InChI=1S/C20H19N3O/c1-16(22-20(24)12-11-17-7-3-2-4-8-17)18-9-5-10-19(15-18)23-14-6-13-21-23/h2-13,15-16H,14H2,1H3/p+1/t16-/m0/s1. The number of rotatable bonds is 5. The minimum atomic E-state index is -0.107. The molecule has 4 heteroatoms. The molecule has 1 amide bonds. The lowest BCUT2D eigenvalue weighted by Crippen LogP contribution is -2.24. The topological polar surface area (TPSA) is 44.5 Å². The lowest BCUT2D eigenvalue weighted by Gasteiger charge is -2.12. The number of carbonyl (C=O) groups excluding carboxylic acids is 1. The molecule has 2 aromatic carbocycles. The van der Waals surface area contributed by atoms with Crippen molar-refractivity contribution in [2.24, 2.45) is 5.11 Å². The lowest BCUT2D eigenvalue weighted by atomic mass is 10.1. The first-order valence-corrected chi connectivity index (χ1v) is 7.99. The molecule has 0 radical (unpaired) electrons. The molecule has 0 saturated heterocycles. The van der Waals surface area contributed by atoms with E-state index in [1.807, 2.05) is 72.3 Å². The van der Waals surface area contributed by atoms with Crippen LogP contribution in [0.1, 0.15) is 24.1 Å². The number of carbonyl (C=O) groups is 1. The van der Waals surface area contributed by atoms with Gasteiger partial charge in [0.1, 0.15) is 0 Å². The van der Waals surface area contributed by atoms with E-state index in [1.165, 1.54) is 0 Å². The molecule has 1 aliphatic heterocycles. The molecule has 1 heterocycles. The summed E-state index contributed by atoms with van der Waals surface area (Å²) >= 11 is 0. The van der Waals surface area contributed by atoms with Crippen LogP contribution in [0.3, 0.4) is 0 Å². The summed E-state index contributed by atoms with van der Waals surface area (Å²) < 4.78 is 1.92. The second kappa shape index (κ2) is 7.51. The van der Waals surface area contributed by atoms with Gasteiger partial charge in [-0.1, -0.05) is 47.2 Å². The van der Waals surface area contributed by atoms with Gasteiger partial charge in [-0.2, -0.15) is 0 Å². The highest BCUT2D eigenvalue weighted by Crippen LogP contribution is 2.21. The van der Waals surface area contributed by atoms with Crippen LogP contribution in [0.25, 0.3) is 6.08 Å². The maximum absolute atomic E-state index is 12.1. The lowest BCUT2D eigenvalue weighted by molar-refractivity contribution is -0.492. The molecule has 0 fully saturated rings. The average molecular weight is 318 g/mol. The molecule has 1 aliphatic rings. The largest absolute Gasteiger partial charge is 0.346 e. The highest BCUT2D eigenvalue weighted by Gasteiger charge is 2.15. The zero-order valence-corrected chi connectivity index (χ0v) is 13.6. The molecule has 2 aromatic rings. The van der Waals surface area contributed by atoms with Gasteiger partial charge < -0.3 is 5.32 Å². The van der Waals surface area contributed by atoms with Crippen LogP contribution in [0.4, 0.5) is 5.69 Å². The van der Waals surface area contributed by atoms with Crippen molar-refractivity contribution in [2.45, 2.75) is 13.0 Å². The summed E-state index contributed by atoms with van der Waals surface area (Å²) in [5.74, 6) is -0.107. The van der Waals surface area contributed by atoms with E-state index < -0.39 is 0 Å². The van der Waals surface area contributed by atoms with Crippen LogP contribution in [-0.2, 0) is 4.79 Å². The number of azo groups is 2. The summed E-state index contributed by atoms with van der Waals surface area (Å²) in [6.07, 6.45) is 7.18. The number of hydrogen-bond acceptors (Lipinski definition) is 2. The van der Waals surface area contributed by atoms with Crippen LogP contribution < -0.4 is 5.32 Å². The Bertz CT molecular complexity index is 807. The molecule has 0 spiro atoms. The third-order valence-corrected chi connectivity index (χ3v) is 3.84. The maximum atomic E-state index is 12.1. The predicted molar refractivity (Wildman–Crippen MR) is 94.8 cm³/mol. The summed E-state index contributed by atoms with van der Waals surface area (Å²) in [6, 6.07) is 17.8. The molecule has 4 nitrogen and oxygen atoms in total. The minimum Gasteiger partial charge on any atom is -0.346 e. The quantitative estimate of drug-likeness (QED) is 0.651. The van der Waals surface area contributed by atoms with Gasteiger partial charge in [-0.3, -0.25) is 4.79 Å². The molecule has 3 rings (SSSR count). The van der Waals surface area contributed by atoms with Crippen molar-refractivity contribution >= 4 is 17.7 Å². The van der Waals surface area contributed by atoms with Crippen LogP contribution in [0.2, 0.25) is 0 Å². The van der Waals surface area contributed by atoms with Gasteiger partial charge in [0.05, 0.1) is 12.2 Å². The summed E-state index contributed by atoms with van der Waals surface area (Å²) in [7, 11) is 0. The Labute approximate surface area is 141 Å². The predicted octanol–water partition coefficient (Wildman–Crippen LogP) is 4.20. The first-order chi connectivity index (χ1) is 11.7. The zero-order chi connectivity index (χ0) is 16.8. The molecule has 0 aliphatic carbocycles. The van der Waals surface area contributed by atoms with E-state index in [1.54, 1.807) is 12.3 Å². The fourth-order valence-corrected chi connectivity index (χ4v) is 2.53. The number of hydrogen-bond donors (Lipinski definition) is 1. The van der Waals surface area contributed by atoms with Gasteiger partial charge in [-0.15, -0.1) is 0 Å². The van der Waals surface area contributed by atoms with Crippen molar-refractivity contribution in [2.75, 3.05) is 6.54 Å². The van der Waals surface area contributed by atoms with E-state index in [9.17, 15) is 4.79 Å². The highest BCUT2D eigenvalue weighted by molar-refractivity contribution is 5.91. The second-order valence-corrected chi connectivity index (χ2v) is 5.65. The van der Waals surface area contributed by atoms with E-state index in [0.29, 0.717) is 0 Å². The SMILES string of the molecule is C[C@H](NC(=O)C=Cc1ccccc1)c1cccc([N+]2=NC=CC2)c1. The molecule has 0 bridgehead atoms. The van der Waals surface area contributed by atoms with Crippen LogP contribution in [0, 0.1) is 0 Å². The van der Waals surface area contributed by atoms with Crippen molar-refractivity contribution in [3.05, 3.63) is 84.1 Å². The molecule has 24 heavy (non-hydrogen) atoms. The van der Waals surface area contributed by atoms with E-state index >= 15 is 0 Å². The molecule has 1 N–H and O–H groups in total. The Morgan fingerprint density at radius 2 is 2.04 bits per heavy atom. The van der Waals surface area contributed by atoms with Crippen LogP contribution >= 0.6 is 0 Å². The van der Waals surface area contributed by atoms with E-state index in [0.717, 1.165) is 23.4 Å². The first kappa shape index (κ1) is 15.9. The number of amides is 1. The molecule has 0 saturated carbocycles. The van der Waals surface area contributed by atoms with Gasteiger partial charge >= 0.3 is 0 Å². The van der Waals surface area contributed by atoms with Gasteiger partial charge in [-0.05, 0) is 29.2 Å². The summed E-state index contributed by atoms with van der Waals surface area (Å²) in [6.45, 7) is 2.76. The monoisotopic (exact) mass is 318 g/mol. The van der Waals surface area contributed by atoms with Crippen LogP contribution in [-0.4, -0.2) is 17.1 Å². The Kier molecular flexibility index (Phi) is 4.96. The molecular formula is C20H20N3O+. The van der Waals surface area contributed by atoms with Crippen molar-refractivity contribution in [1.82, 2.24) is 5.32 Å². The van der Waals surface area contributed by atoms with Crippen molar-refractivity contribution in [3.63, 3.8) is 0 Å². The van der Waals surface area contributed by atoms with E-state index in [-0.39, 0.29) is 11.9 Å². The van der Waals surface area contributed by atoms with Crippen molar-refractivity contribution < 1.29 is 9.49 Å². The molecule has 1 atom stereocenters. The molecule has 0 aromatic heterocycles. The molecular weight excluding hydrogens is 298 g/mol. The summed E-state index contributed by atoms with van der Waals surface area (Å²) in [5, 5.41) is 7.28. The number of benzene rings is 2. The first-order valence-electron chi connectivity index (χ1n) is 7.99. The second-order valence-electron chi connectivity index (χ2n) is 5.65. The van der Waals surface area contributed by atoms with Gasteiger partial charge in [0, 0.05) is 24.3 Å². The molecule has 0 unspecified atom stereocenters. The summed E-state index contributed by atoms with van der Waals surface area (Å²) in [5.41, 5.74) is 3.08. The summed E-state index contributed by atoms with van der Waals surface area (Å²) in [4.78, 5) is 12.1. The maximum Gasteiger partial charge on any atom is 0.244 e. The van der Waals surface area contributed by atoms with E-state index in [2.05, 4.69) is 16.5 Å². The van der Waals surface area contributed by atoms with Gasteiger partial charge in [0.15, 0.2) is 6.54 Å². The Morgan fingerprint density at radius 1 is 1.21 bits per heavy atom. The van der Waals surface area contributed by atoms with Crippen molar-refractivity contribution in [1.29, 1.82) is 0 Å².